The molecule has 152 valence electrons. The monoisotopic (exact) mass is 432 g/mol. The van der Waals surface area contributed by atoms with Crippen LogP contribution in [-0.4, -0.2) is 25.9 Å². The first-order chi connectivity index (χ1) is 13.8. The maximum Gasteiger partial charge on any atom is 0.271 e. The van der Waals surface area contributed by atoms with Gasteiger partial charge in [-0.3, -0.25) is 4.79 Å². The topological polar surface area (TPSA) is 123 Å². The van der Waals surface area contributed by atoms with Crippen LogP contribution in [0.3, 0.4) is 0 Å². The number of ether oxygens (including phenoxy) is 1. The molecule has 0 bridgehead atoms. The molecule has 0 saturated heterocycles. The summed E-state index contributed by atoms with van der Waals surface area (Å²) in [5, 5.41) is 13.2. The minimum absolute atomic E-state index is 0.0251. The molecule has 0 atom stereocenters. The maximum atomic E-state index is 12.3. The summed E-state index contributed by atoms with van der Waals surface area (Å²) in [7, 11) is -3.73. The van der Waals surface area contributed by atoms with E-state index in [9.17, 15) is 13.2 Å². The van der Waals surface area contributed by atoms with Crippen molar-refractivity contribution in [2.75, 3.05) is 11.9 Å². The molecule has 0 saturated carbocycles. The van der Waals surface area contributed by atoms with E-state index in [0.717, 1.165) is 17.0 Å². The molecule has 3 rings (SSSR count). The van der Waals surface area contributed by atoms with Crippen molar-refractivity contribution >= 4 is 38.1 Å². The van der Waals surface area contributed by atoms with Gasteiger partial charge in [-0.05, 0) is 48.9 Å². The molecule has 1 amide bonds. The molecule has 10 heteroatoms. The Morgan fingerprint density at radius 1 is 1.14 bits per heavy atom. The highest BCUT2D eigenvalue weighted by Crippen LogP contribution is 2.23. The van der Waals surface area contributed by atoms with Crippen LogP contribution in [0.5, 0.6) is 5.75 Å². The van der Waals surface area contributed by atoms with Crippen molar-refractivity contribution in [1.82, 2.24) is 10.3 Å². The van der Waals surface area contributed by atoms with E-state index in [1.165, 1.54) is 23.5 Å². The SMILES string of the molecule is CCOc1ccc(Nc2nc(C(=O)NCc3ccc(S(N)(=O)=O)cc3)cs2)cc1. The van der Waals surface area contributed by atoms with Gasteiger partial charge in [0.15, 0.2) is 5.13 Å². The number of primary sulfonamides is 1. The van der Waals surface area contributed by atoms with Gasteiger partial charge < -0.3 is 15.4 Å². The van der Waals surface area contributed by atoms with Gasteiger partial charge in [-0.25, -0.2) is 18.5 Å². The Morgan fingerprint density at radius 3 is 2.45 bits per heavy atom. The third-order valence-electron chi connectivity index (χ3n) is 3.86. The molecule has 1 aromatic heterocycles. The molecule has 0 radical (unpaired) electrons. The van der Waals surface area contributed by atoms with E-state index in [-0.39, 0.29) is 17.3 Å². The van der Waals surface area contributed by atoms with Crippen LogP contribution < -0.4 is 20.5 Å². The van der Waals surface area contributed by atoms with Gasteiger partial charge in [-0.15, -0.1) is 11.3 Å². The molecule has 2 aromatic carbocycles. The Morgan fingerprint density at radius 2 is 1.83 bits per heavy atom. The lowest BCUT2D eigenvalue weighted by atomic mass is 10.2. The Bertz CT molecular complexity index is 1080. The highest BCUT2D eigenvalue weighted by molar-refractivity contribution is 7.89. The molecule has 0 unspecified atom stereocenters. The number of aromatic nitrogens is 1. The van der Waals surface area contributed by atoms with Gasteiger partial charge in [0.1, 0.15) is 11.4 Å². The molecule has 3 aromatic rings. The van der Waals surface area contributed by atoms with E-state index in [1.807, 2.05) is 31.2 Å². The molecule has 0 fully saturated rings. The van der Waals surface area contributed by atoms with Crippen LogP contribution in [0, 0.1) is 0 Å². The number of benzene rings is 2. The van der Waals surface area contributed by atoms with Crippen molar-refractivity contribution in [3.8, 4) is 5.75 Å². The molecule has 0 aliphatic heterocycles. The van der Waals surface area contributed by atoms with Gasteiger partial charge in [0, 0.05) is 17.6 Å². The molecule has 0 aliphatic carbocycles. The number of hydrogen-bond acceptors (Lipinski definition) is 7. The zero-order valence-corrected chi connectivity index (χ0v) is 17.2. The largest absolute Gasteiger partial charge is 0.494 e. The van der Waals surface area contributed by atoms with E-state index in [1.54, 1.807) is 17.5 Å². The molecular formula is C19H20N4O4S2. The van der Waals surface area contributed by atoms with Gasteiger partial charge in [0.25, 0.3) is 5.91 Å². The Balaban J connectivity index is 1.56. The number of nitrogens with zero attached hydrogens (tertiary/aromatic N) is 1. The van der Waals surface area contributed by atoms with Crippen molar-refractivity contribution in [2.45, 2.75) is 18.4 Å². The highest BCUT2D eigenvalue weighted by atomic mass is 32.2. The summed E-state index contributed by atoms with van der Waals surface area (Å²) >= 11 is 1.32. The summed E-state index contributed by atoms with van der Waals surface area (Å²) in [6, 6.07) is 13.5. The normalized spacial score (nSPS) is 11.1. The van der Waals surface area contributed by atoms with Crippen molar-refractivity contribution in [2.24, 2.45) is 5.14 Å². The zero-order chi connectivity index (χ0) is 20.9. The molecular weight excluding hydrogens is 412 g/mol. The lowest BCUT2D eigenvalue weighted by molar-refractivity contribution is 0.0946. The zero-order valence-electron chi connectivity index (χ0n) is 15.6. The van der Waals surface area contributed by atoms with Crippen LogP contribution in [0.25, 0.3) is 0 Å². The van der Waals surface area contributed by atoms with Crippen LogP contribution in [-0.2, 0) is 16.6 Å². The average molecular weight is 433 g/mol. The minimum Gasteiger partial charge on any atom is -0.494 e. The summed E-state index contributed by atoms with van der Waals surface area (Å²) in [6.07, 6.45) is 0. The van der Waals surface area contributed by atoms with E-state index in [4.69, 9.17) is 9.88 Å². The number of thiazole rings is 1. The van der Waals surface area contributed by atoms with Crippen LogP contribution >= 0.6 is 11.3 Å². The molecule has 8 nitrogen and oxygen atoms in total. The summed E-state index contributed by atoms with van der Waals surface area (Å²) in [4.78, 5) is 16.6. The highest BCUT2D eigenvalue weighted by Gasteiger charge is 2.12. The first-order valence-electron chi connectivity index (χ1n) is 8.70. The Labute approximate surface area is 172 Å². The number of nitrogens with two attached hydrogens (primary N) is 1. The number of nitrogens with one attached hydrogen (secondary N) is 2. The Kier molecular flexibility index (Phi) is 6.47. The summed E-state index contributed by atoms with van der Waals surface area (Å²) in [5.41, 5.74) is 1.88. The summed E-state index contributed by atoms with van der Waals surface area (Å²) in [6.45, 7) is 2.77. The first kappa shape index (κ1) is 20.8. The molecule has 1 heterocycles. The van der Waals surface area contributed by atoms with Crippen molar-refractivity contribution in [3.05, 3.63) is 65.2 Å². The van der Waals surface area contributed by atoms with E-state index in [0.29, 0.717) is 17.4 Å². The van der Waals surface area contributed by atoms with Crippen molar-refractivity contribution in [3.63, 3.8) is 0 Å². The van der Waals surface area contributed by atoms with Crippen molar-refractivity contribution < 1.29 is 17.9 Å². The fourth-order valence-electron chi connectivity index (χ4n) is 2.43. The van der Waals surface area contributed by atoms with Crippen LogP contribution in [0.2, 0.25) is 0 Å². The van der Waals surface area contributed by atoms with Crippen LogP contribution in [0.1, 0.15) is 23.0 Å². The molecule has 29 heavy (non-hydrogen) atoms. The van der Waals surface area contributed by atoms with Gasteiger partial charge >= 0.3 is 0 Å². The number of amides is 1. The van der Waals surface area contributed by atoms with Crippen molar-refractivity contribution in [1.29, 1.82) is 0 Å². The molecule has 0 spiro atoms. The van der Waals surface area contributed by atoms with Gasteiger partial charge in [-0.1, -0.05) is 12.1 Å². The van der Waals surface area contributed by atoms with Crippen LogP contribution in [0.4, 0.5) is 10.8 Å². The lowest BCUT2D eigenvalue weighted by Crippen LogP contribution is -2.23. The van der Waals surface area contributed by atoms with E-state index in [2.05, 4.69) is 15.6 Å². The smallest absolute Gasteiger partial charge is 0.271 e. The molecule has 4 N–H and O–H groups in total. The second-order valence-corrected chi connectivity index (χ2v) is 8.41. The standard InChI is InChI=1S/C19H20N4O4S2/c1-2-27-15-7-5-14(6-8-15)22-19-23-17(12-28-19)18(24)21-11-13-3-9-16(10-4-13)29(20,25)26/h3-10,12H,2,11H2,1H3,(H,21,24)(H,22,23)(H2,20,25,26). The first-order valence-corrected chi connectivity index (χ1v) is 11.1. The van der Waals surface area contributed by atoms with E-state index >= 15 is 0 Å². The average Bonchev–Trinajstić information content (AvgIpc) is 3.16. The third-order valence-corrected chi connectivity index (χ3v) is 5.55. The van der Waals surface area contributed by atoms with Gasteiger partial charge in [0.05, 0.1) is 11.5 Å². The number of carbonyl (C=O) groups excluding carboxylic acids is 1. The third kappa shape index (κ3) is 5.76. The fraction of sp³-hybridized carbons (Fsp3) is 0.158. The summed E-state index contributed by atoms with van der Waals surface area (Å²) in [5.74, 6) is 0.464. The summed E-state index contributed by atoms with van der Waals surface area (Å²) < 4.78 is 27.9. The van der Waals surface area contributed by atoms with Gasteiger partial charge in [0.2, 0.25) is 10.0 Å². The maximum absolute atomic E-state index is 12.3. The number of anilines is 2. The predicted octanol–water partition coefficient (Wildman–Crippen LogP) is 2.86. The second-order valence-electron chi connectivity index (χ2n) is 5.99. The number of hydrogen-bond donors (Lipinski definition) is 3. The predicted molar refractivity (Wildman–Crippen MR) is 112 cm³/mol. The number of rotatable bonds is 8. The second kappa shape index (κ2) is 9.03. The van der Waals surface area contributed by atoms with E-state index < -0.39 is 10.0 Å². The number of sulfonamides is 1. The lowest BCUT2D eigenvalue weighted by Gasteiger charge is -2.06. The fourth-order valence-corrected chi connectivity index (χ4v) is 3.66. The minimum atomic E-state index is -3.73. The Hall–Kier alpha value is -2.95. The number of carbonyl (C=O) groups is 1. The quantitative estimate of drug-likeness (QED) is 0.503. The van der Waals surface area contributed by atoms with Gasteiger partial charge in [-0.2, -0.15) is 0 Å². The van der Waals surface area contributed by atoms with Crippen LogP contribution in [0.15, 0.2) is 58.8 Å². The molecule has 0 aliphatic rings.